The minimum Gasteiger partial charge on any atom is -0.394 e. The smallest absolute Gasteiger partial charge is 0.0625 e. The van der Waals surface area contributed by atoms with Crippen LogP contribution < -0.4 is 0 Å². The van der Waals surface area contributed by atoms with Crippen LogP contribution in [0.15, 0.2) is 12.2 Å². The van der Waals surface area contributed by atoms with Crippen LogP contribution in [0.1, 0.15) is 20.8 Å². The summed E-state index contributed by atoms with van der Waals surface area (Å²) in [5.41, 5.74) is 1.07. The summed E-state index contributed by atoms with van der Waals surface area (Å²) < 4.78 is 0. The van der Waals surface area contributed by atoms with Crippen molar-refractivity contribution in [3.05, 3.63) is 12.2 Å². The van der Waals surface area contributed by atoms with Crippen molar-refractivity contribution in [3.8, 4) is 0 Å². The molecule has 3 unspecified atom stereocenters. The van der Waals surface area contributed by atoms with Gasteiger partial charge in [-0.25, -0.2) is 0 Å². The SMILES string of the molecule is C=C(C)C(CO)N1CC(C)C(C)C1. The van der Waals surface area contributed by atoms with Crippen LogP contribution in [-0.2, 0) is 0 Å². The maximum Gasteiger partial charge on any atom is 0.0625 e. The molecule has 1 heterocycles. The molecule has 76 valence electrons. The molecule has 13 heavy (non-hydrogen) atoms. The van der Waals surface area contributed by atoms with E-state index in [1.165, 1.54) is 0 Å². The summed E-state index contributed by atoms with van der Waals surface area (Å²) in [7, 11) is 0. The van der Waals surface area contributed by atoms with Crippen molar-refractivity contribution in [1.82, 2.24) is 4.90 Å². The molecule has 0 aromatic carbocycles. The van der Waals surface area contributed by atoms with Crippen LogP contribution in [0.5, 0.6) is 0 Å². The van der Waals surface area contributed by atoms with Crippen molar-refractivity contribution in [1.29, 1.82) is 0 Å². The Labute approximate surface area is 81.2 Å². The van der Waals surface area contributed by atoms with Gasteiger partial charge in [-0.1, -0.05) is 26.0 Å². The maximum atomic E-state index is 9.23. The number of likely N-dealkylation sites (tertiary alicyclic amines) is 1. The second-order valence-electron chi connectivity index (χ2n) is 4.45. The summed E-state index contributed by atoms with van der Waals surface area (Å²) in [6.45, 7) is 12.9. The Morgan fingerprint density at radius 1 is 1.46 bits per heavy atom. The molecule has 0 aromatic heterocycles. The lowest BCUT2D eigenvalue weighted by Gasteiger charge is -2.26. The largest absolute Gasteiger partial charge is 0.394 e. The molecule has 0 amide bonds. The fourth-order valence-corrected chi connectivity index (χ4v) is 2.01. The summed E-state index contributed by atoms with van der Waals surface area (Å²) in [6.07, 6.45) is 0. The number of rotatable bonds is 3. The number of aliphatic hydroxyl groups is 1. The molecule has 2 heteroatoms. The highest BCUT2D eigenvalue weighted by atomic mass is 16.3. The van der Waals surface area contributed by atoms with E-state index in [1.54, 1.807) is 0 Å². The number of hydrogen-bond donors (Lipinski definition) is 1. The molecule has 1 rings (SSSR count). The summed E-state index contributed by atoms with van der Waals surface area (Å²) >= 11 is 0. The first-order valence-corrected chi connectivity index (χ1v) is 5.06. The van der Waals surface area contributed by atoms with Gasteiger partial charge < -0.3 is 5.11 Å². The molecule has 1 saturated heterocycles. The molecule has 0 aliphatic carbocycles. The molecular formula is C11H21NO. The third-order valence-corrected chi connectivity index (χ3v) is 3.20. The van der Waals surface area contributed by atoms with E-state index in [4.69, 9.17) is 0 Å². The van der Waals surface area contributed by atoms with E-state index in [0.717, 1.165) is 30.5 Å². The van der Waals surface area contributed by atoms with Crippen LogP contribution in [0, 0.1) is 11.8 Å². The van der Waals surface area contributed by atoms with Gasteiger partial charge in [0.1, 0.15) is 0 Å². The van der Waals surface area contributed by atoms with E-state index in [1.807, 2.05) is 6.92 Å². The average molecular weight is 183 g/mol. The monoisotopic (exact) mass is 183 g/mol. The number of aliphatic hydroxyl groups excluding tert-OH is 1. The van der Waals surface area contributed by atoms with Gasteiger partial charge in [0.15, 0.2) is 0 Å². The van der Waals surface area contributed by atoms with Crippen molar-refractivity contribution in [2.24, 2.45) is 11.8 Å². The summed E-state index contributed by atoms with van der Waals surface area (Å²) in [5.74, 6) is 1.49. The molecule has 0 saturated carbocycles. The maximum absolute atomic E-state index is 9.23. The van der Waals surface area contributed by atoms with Crippen LogP contribution >= 0.6 is 0 Å². The number of hydrogen-bond acceptors (Lipinski definition) is 2. The van der Waals surface area contributed by atoms with Crippen LogP contribution in [-0.4, -0.2) is 35.7 Å². The summed E-state index contributed by atoms with van der Waals surface area (Å²) in [5, 5.41) is 9.23. The molecule has 0 aromatic rings. The summed E-state index contributed by atoms with van der Waals surface area (Å²) in [6, 6.07) is 0.174. The highest BCUT2D eigenvalue weighted by molar-refractivity contribution is 5.04. The Kier molecular flexibility index (Phi) is 3.51. The van der Waals surface area contributed by atoms with Gasteiger partial charge in [-0.2, -0.15) is 0 Å². The fraction of sp³-hybridized carbons (Fsp3) is 0.818. The highest BCUT2D eigenvalue weighted by Gasteiger charge is 2.30. The van der Waals surface area contributed by atoms with Gasteiger partial charge in [0.05, 0.1) is 12.6 Å². The zero-order chi connectivity index (χ0) is 10.0. The first-order valence-electron chi connectivity index (χ1n) is 5.06. The van der Waals surface area contributed by atoms with Crippen LogP contribution in [0.25, 0.3) is 0 Å². The first-order chi connectivity index (χ1) is 6.06. The summed E-state index contributed by atoms with van der Waals surface area (Å²) in [4.78, 5) is 2.34. The molecular weight excluding hydrogens is 162 g/mol. The Morgan fingerprint density at radius 2 is 1.92 bits per heavy atom. The molecule has 1 aliphatic heterocycles. The predicted octanol–water partition coefficient (Wildman–Crippen LogP) is 1.51. The van der Waals surface area contributed by atoms with Gasteiger partial charge >= 0.3 is 0 Å². The average Bonchev–Trinajstić information content (AvgIpc) is 2.32. The Bertz CT molecular complexity index is 181. The topological polar surface area (TPSA) is 23.5 Å². The van der Waals surface area contributed by atoms with E-state index in [0.29, 0.717) is 0 Å². The fourth-order valence-electron chi connectivity index (χ4n) is 2.01. The van der Waals surface area contributed by atoms with Gasteiger partial charge in [0, 0.05) is 13.1 Å². The highest BCUT2D eigenvalue weighted by Crippen LogP contribution is 2.25. The lowest BCUT2D eigenvalue weighted by atomic mass is 10.0. The normalized spacial score (nSPS) is 32.0. The van der Waals surface area contributed by atoms with Crippen molar-refractivity contribution < 1.29 is 5.11 Å². The number of nitrogens with zero attached hydrogens (tertiary/aromatic N) is 1. The van der Waals surface area contributed by atoms with Crippen molar-refractivity contribution >= 4 is 0 Å². The lowest BCUT2D eigenvalue weighted by molar-refractivity contribution is 0.164. The Balaban J connectivity index is 2.57. The minimum atomic E-state index is 0.174. The van der Waals surface area contributed by atoms with Gasteiger partial charge in [-0.15, -0.1) is 0 Å². The molecule has 0 radical (unpaired) electrons. The van der Waals surface area contributed by atoms with Gasteiger partial charge in [0.25, 0.3) is 0 Å². The first kappa shape index (κ1) is 10.7. The zero-order valence-corrected chi connectivity index (χ0v) is 8.95. The molecule has 2 nitrogen and oxygen atoms in total. The second kappa shape index (κ2) is 4.25. The second-order valence-corrected chi connectivity index (χ2v) is 4.45. The van der Waals surface area contributed by atoms with Crippen LogP contribution in [0.2, 0.25) is 0 Å². The third-order valence-electron chi connectivity index (χ3n) is 3.20. The van der Waals surface area contributed by atoms with Crippen LogP contribution in [0.3, 0.4) is 0 Å². The van der Waals surface area contributed by atoms with Crippen molar-refractivity contribution in [3.63, 3.8) is 0 Å². The van der Waals surface area contributed by atoms with Gasteiger partial charge in [0.2, 0.25) is 0 Å². The minimum absolute atomic E-state index is 0.174. The van der Waals surface area contributed by atoms with Gasteiger partial charge in [-0.3, -0.25) is 4.90 Å². The predicted molar refractivity (Wildman–Crippen MR) is 55.6 cm³/mol. The molecule has 1 aliphatic rings. The standard InChI is InChI=1S/C11H21NO/c1-8(2)11(7-13)12-5-9(3)10(4)6-12/h9-11,13H,1,5-7H2,2-4H3. The van der Waals surface area contributed by atoms with E-state index in [2.05, 4.69) is 25.3 Å². The molecule has 1 N–H and O–H groups in total. The van der Waals surface area contributed by atoms with Crippen molar-refractivity contribution in [2.45, 2.75) is 26.8 Å². The van der Waals surface area contributed by atoms with E-state index >= 15 is 0 Å². The quantitative estimate of drug-likeness (QED) is 0.670. The Morgan fingerprint density at radius 3 is 2.23 bits per heavy atom. The molecule has 1 fully saturated rings. The van der Waals surface area contributed by atoms with E-state index in [9.17, 15) is 5.11 Å². The van der Waals surface area contributed by atoms with E-state index < -0.39 is 0 Å². The van der Waals surface area contributed by atoms with Crippen molar-refractivity contribution in [2.75, 3.05) is 19.7 Å². The third kappa shape index (κ3) is 2.32. The van der Waals surface area contributed by atoms with E-state index in [-0.39, 0.29) is 12.6 Å². The Hall–Kier alpha value is -0.340. The molecule has 3 atom stereocenters. The van der Waals surface area contributed by atoms with Crippen LogP contribution in [0.4, 0.5) is 0 Å². The molecule has 0 spiro atoms. The molecule has 0 bridgehead atoms. The van der Waals surface area contributed by atoms with Gasteiger partial charge in [-0.05, 0) is 18.8 Å². The lowest BCUT2D eigenvalue weighted by Crippen LogP contribution is -2.37. The zero-order valence-electron chi connectivity index (χ0n) is 8.95.